The molecule has 0 bridgehead atoms. The molecule has 0 unspecified atom stereocenters. The van der Waals surface area contributed by atoms with Gasteiger partial charge in [-0.1, -0.05) is 30.3 Å². The molecule has 0 amide bonds. The molecule has 0 aliphatic rings. The number of rotatable bonds is 0. The van der Waals surface area contributed by atoms with E-state index in [-0.39, 0.29) is 5.63 Å². The number of fused-ring (bicyclic) bond motifs is 6. The average molecular weight is 298 g/mol. The largest absolute Gasteiger partial charge is 0.421 e. The molecular weight excluding hydrogens is 288 g/mol. The van der Waals surface area contributed by atoms with E-state index in [1.165, 1.54) is 0 Å². The first-order chi connectivity index (χ1) is 11.3. The number of benzene rings is 2. The highest BCUT2D eigenvalue weighted by atomic mass is 16.4. The van der Waals surface area contributed by atoms with E-state index in [4.69, 9.17) is 4.42 Å². The topological polar surface area (TPSA) is 56.0 Å². The number of hydrogen-bond donors (Lipinski definition) is 0. The summed E-state index contributed by atoms with van der Waals surface area (Å²) in [6.45, 7) is 0. The highest BCUT2D eigenvalue weighted by molar-refractivity contribution is 6.13. The zero-order valence-corrected chi connectivity index (χ0v) is 12.0. The van der Waals surface area contributed by atoms with Gasteiger partial charge in [-0.3, -0.25) is 0 Å². The molecule has 4 nitrogen and oxygen atoms in total. The summed E-state index contributed by atoms with van der Waals surface area (Å²) in [7, 11) is 0. The van der Waals surface area contributed by atoms with Crippen molar-refractivity contribution < 1.29 is 4.42 Å². The van der Waals surface area contributed by atoms with E-state index < -0.39 is 0 Å². The van der Waals surface area contributed by atoms with Crippen LogP contribution in [0.2, 0.25) is 0 Å². The van der Waals surface area contributed by atoms with Gasteiger partial charge in [-0.15, -0.1) is 0 Å². The lowest BCUT2D eigenvalue weighted by atomic mass is 10.1. The molecule has 0 radical (unpaired) electrons. The van der Waals surface area contributed by atoms with Crippen molar-refractivity contribution in [3.8, 4) is 0 Å². The highest BCUT2D eigenvalue weighted by Gasteiger charge is 2.12. The molecular formula is C19H10N2O2. The molecule has 5 aromatic rings. The fourth-order valence-electron chi connectivity index (χ4n) is 3.05. The zero-order chi connectivity index (χ0) is 15.4. The summed E-state index contributed by atoms with van der Waals surface area (Å²) >= 11 is 0. The van der Waals surface area contributed by atoms with Crippen LogP contribution in [-0.4, -0.2) is 9.97 Å². The summed E-state index contributed by atoms with van der Waals surface area (Å²) < 4.78 is 5.62. The molecule has 0 saturated carbocycles. The third-order valence-corrected chi connectivity index (χ3v) is 4.14. The normalized spacial score (nSPS) is 11.7. The summed E-state index contributed by atoms with van der Waals surface area (Å²) in [4.78, 5) is 21.3. The van der Waals surface area contributed by atoms with Gasteiger partial charge in [0.2, 0.25) is 0 Å². The molecule has 0 aliphatic heterocycles. The van der Waals surface area contributed by atoms with Crippen molar-refractivity contribution >= 4 is 43.7 Å². The van der Waals surface area contributed by atoms with Crippen molar-refractivity contribution in [3.05, 3.63) is 71.2 Å². The Morgan fingerprint density at radius 3 is 2.65 bits per heavy atom. The van der Waals surface area contributed by atoms with Crippen LogP contribution >= 0.6 is 0 Å². The van der Waals surface area contributed by atoms with Gasteiger partial charge in [0.15, 0.2) is 5.65 Å². The first-order valence-electron chi connectivity index (χ1n) is 7.31. The second-order valence-corrected chi connectivity index (χ2v) is 5.49. The minimum absolute atomic E-state index is 0.373. The van der Waals surface area contributed by atoms with Crippen molar-refractivity contribution in [3.63, 3.8) is 0 Å². The Kier molecular flexibility index (Phi) is 2.33. The molecule has 2 aromatic carbocycles. The Labute approximate surface area is 130 Å². The van der Waals surface area contributed by atoms with E-state index in [1.54, 1.807) is 12.3 Å². The maximum absolute atomic E-state index is 12.5. The number of pyridine rings is 2. The maximum atomic E-state index is 12.5. The highest BCUT2D eigenvalue weighted by Crippen LogP contribution is 2.29. The van der Waals surface area contributed by atoms with E-state index in [9.17, 15) is 4.79 Å². The lowest BCUT2D eigenvalue weighted by Crippen LogP contribution is -2.02. The SMILES string of the molecule is O=c1oc2c3ccccc3ccc2c2nc3ncccc3cc12. The summed E-state index contributed by atoms with van der Waals surface area (Å²) in [6, 6.07) is 17.3. The van der Waals surface area contributed by atoms with Crippen molar-refractivity contribution in [2.75, 3.05) is 0 Å². The van der Waals surface area contributed by atoms with E-state index in [1.807, 2.05) is 48.5 Å². The number of aromatic nitrogens is 2. The average Bonchev–Trinajstić information content (AvgIpc) is 2.60. The van der Waals surface area contributed by atoms with Crippen LogP contribution < -0.4 is 5.63 Å². The molecule has 0 fully saturated rings. The molecule has 0 saturated heterocycles. The van der Waals surface area contributed by atoms with Crippen LogP contribution in [0.1, 0.15) is 0 Å². The number of nitrogens with zero attached hydrogens (tertiary/aromatic N) is 2. The van der Waals surface area contributed by atoms with E-state index in [0.717, 1.165) is 21.5 Å². The third-order valence-electron chi connectivity index (χ3n) is 4.14. The van der Waals surface area contributed by atoms with Gasteiger partial charge in [-0.2, -0.15) is 0 Å². The van der Waals surface area contributed by atoms with Crippen molar-refractivity contribution in [1.29, 1.82) is 0 Å². The monoisotopic (exact) mass is 298 g/mol. The van der Waals surface area contributed by atoms with Gasteiger partial charge >= 0.3 is 5.63 Å². The first-order valence-corrected chi connectivity index (χ1v) is 7.31. The predicted octanol–water partition coefficient (Wildman–Crippen LogP) is 4.04. The fourth-order valence-corrected chi connectivity index (χ4v) is 3.05. The van der Waals surface area contributed by atoms with Crippen LogP contribution in [0, 0.1) is 0 Å². The van der Waals surface area contributed by atoms with Crippen LogP contribution in [0.5, 0.6) is 0 Å². The standard InChI is InChI=1S/C19H10N2O2/c22-19-15-10-12-5-3-9-20-18(12)21-16(15)14-8-7-11-4-1-2-6-13(11)17(14)23-19/h1-10H. The Balaban J connectivity index is 2.09. The molecule has 0 aliphatic carbocycles. The molecule has 0 spiro atoms. The fraction of sp³-hybridized carbons (Fsp3) is 0. The Bertz CT molecular complexity index is 1290. The quantitative estimate of drug-likeness (QED) is 0.246. The van der Waals surface area contributed by atoms with Crippen molar-refractivity contribution in [2.45, 2.75) is 0 Å². The minimum Gasteiger partial charge on any atom is -0.421 e. The molecule has 0 N–H and O–H groups in total. The molecule has 3 aromatic heterocycles. The smallest absolute Gasteiger partial charge is 0.345 e. The molecule has 108 valence electrons. The van der Waals surface area contributed by atoms with Crippen molar-refractivity contribution in [2.24, 2.45) is 0 Å². The second-order valence-electron chi connectivity index (χ2n) is 5.49. The minimum atomic E-state index is -0.373. The molecule has 3 heterocycles. The Hall–Kier alpha value is -3.27. The molecule has 4 heteroatoms. The van der Waals surface area contributed by atoms with E-state index in [2.05, 4.69) is 9.97 Å². The zero-order valence-electron chi connectivity index (χ0n) is 12.0. The van der Waals surface area contributed by atoms with Gasteiger partial charge < -0.3 is 4.42 Å². The summed E-state index contributed by atoms with van der Waals surface area (Å²) in [5, 5.41) is 4.07. The Morgan fingerprint density at radius 2 is 1.70 bits per heavy atom. The van der Waals surface area contributed by atoms with Gasteiger partial charge in [0.25, 0.3) is 0 Å². The van der Waals surface area contributed by atoms with Crippen LogP contribution in [0.25, 0.3) is 43.7 Å². The second kappa shape index (κ2) is 4.36. The van der Waals surface area contributed by atoms with Gasteiger partial charge in [-0.25, -0.2) is 14.8 Å². The van der Waals surface area contributed by atoms with Gasteiger partial charge in [0.1, 0.15) is 5.58 Å². The molecule has 0 atom stereocenters. The van der Waals surface area contributed by atoms with E-state index in [0.29, 0.717) is 22.1 Å². The van der Waals surface area contributed by atoms with Gasteiger partial charge in [0.05, 0.1) is 10.9 Å². The van der Waals surface area contributed by atoms with Crippen LogP contribution in [0.3, 0.4) is 0 Å². The molecule has 23 heavy (non-hydrogen) atoms. The lowest BCUT2D eigenvalue weighted by molar-refractivity contribution is 0.572. The van der Waals surface area contributed by atoms with Crippen LogP contribution in [-0.2, 0) is 0 Å². The predicted molar refractivity (Wildman–Crippen MR) is 90.6 cm³/mol. The van der Waals surface area contributed by atoms with Crippen LogP contribution in [0.15, 0.2) is 70.0 Å². The van der Waals surface area contributed by atoms with Crippen LogP contribution in [0.4, 0.5) is 0 Å². The molecule has 5 rings (SSSR count). The van der Waals surface area contributed by atoms with Gasteiger partial charge in [-0.05, 0) is 29.7 Å². The lowest BCUT2D eigenvalue weighted by Gasteiger charge is -2.06. The van der Waals surface area contributed by atoms with Crippen molar-refractivity contribution in [1.82, 2.24) is 9.97 Å². The van der Waals surface area contributed by atoms with E-state index >= 15 is 0 Å². The van der Waals surface area contributed by atoms with Gasteiger partial charge in [0, 0.05) is 22.4 Å². The first kappa shape index (κ1) is 12.3. The summed E-state index contributed by atoms with van der Waals surface area (Å²) in [6.07, 6.45) is 1.70. The third kappa shape index (κ3) is 1.69. The summed E-state index contributed by atoms with van der Waals surface area (Å²) in [5.41, 5.74) is 1.46. The maximum Gasteiger partial charge on any atom is 0.345 e. The number of hydrogen-bond acceptors (Lipinski definition) is 4. The summed E-state index contributed by atoms with van der Waals surface area (Å²) in [5.74, 6) is 0. The Morgan fingerprint density at radius 1 is 0.826 bits per heavy atom.